The van der Waals surface area contributed by atoms with Gasteiger partial charge in [0.05, 0.1) is 16.8 Å². The Morgan fingerprint density at radius 2 is 1.91 bits per heavy atom. The number of hydrogen-bond acceptors (Lipinski definition) is 6. The summed E-state index contributed by atoms with van der Waals surface area (Å²) in [7, 11) is 1.89. The van der Waals surface area contributed by atoms with Crippen molar-refractivity contribution >= 4 is 23.1 Å². The molecule has 8 nitrogen and oxygen atoms in total. The summed E-state index contributed by atoms with van der Waals surface area (Å²) in [6.45, 7) is 3.83. The lowest BCUT2D eigenvalue weighted by Gasteiger charge is -2.17. The van der Waals surface area contributed by atoms with Crippen LogP contribution >= 0.6 is 11.6 Å². The van der Waals surface area contributed by atoms with Gasteiger partial charge >= 0.3 is 0 Å². The summed E-state index contributed by atoms with van der Waals surface area (Å²) in [6, 6.07) is 14.6. The molecule has 9 heteroatoms. The first-order chi connectivity index (χ1) is 15.3. The molecule has 0 aliphatic heterocycles. The van der Waals surface area contributed by atoms with Crippen LogP contribution in [0.15, 0.2) is 60.9 Å². The monoisotopic (exact) mass is 448 g/mol. The number of halogens is 1. The molecule has 1 N–H and O–H groups in total. The molecule has 2 heterocycles. The van der Waals surface area contributed by atoms with E-state index in [-0.39, 0.29) is 16.8 Å². The zero-order valence-corrected chi connectivity index (χ0v) is 18.5. The third-order valence-corrected chi connectivity index (χ3v) is 5.39. The van der Waals surface area contributed by atoms with E-state index in [2.05, 4.69) is 32.5 Å². The number of nitrogens with one attached hydrogen (secondary N) is 1. The topological polar surface area (TPSA) is 98.8 Å². The lowest BCUT2D eigenvalue weighted by atomic mass is 10.0. The van der Waals surface area contributed by atoms with Crippen LogP contribution in [0.5, 0.6) is 0 Å². The first-order valence-electron chi connectivity index (χ1n) is 9.95. The first kappa shape index (κ1) is 21.5. The predicted octanol–water partition coefficient (Wildman–Crippen LogP) is 5.59. The van der Waals surface area contributed by atoms with Gasteiger partial charge in [0.15, 0.2) is 0 Å². The van der Waals surface area contributed by atoms with Crippen LogP contribution in [0.25, 0.3) is 22.4 Å². The Labute approximate surface area is 190 Å². The van der Waals surface area contributed by atoms with Crippen molar-refractivity contribution in [3.8, 4) is 22.4 Å². The number of aromatic nitrogens is 4. The molecule has 0 spiro atoms. The summed E-state index contributed by atoms with van der Waals surface area (Å²) in [6.07, 6.45) is 3.81. The molecular formula is C23H21ClN6O2. The van der Waals surface area contributed by atoms with Gasteiger partial charge in [-0.2, -0.15) is 5.10 Å². The second-order valence-electron chi connectivity index (χ2n) is 7.50. The fourth-order valence-electron chi connectivity index (χ4n) is 3.46. The van der Waals surface area contributed by atoms with E-state index in [9.17, 15) is 10.1 Å². The van der Waals surface area contributed by atoms with E-state index < -0.39 is 4.92 Å². The van der Waals surface area contributed by atoms with Crippen molar-refractivity contribution in [2.24, 2.45) is 7.05 Å². The molecule has 0 aliphatic carbocycles. The second kappa shape index (κ2) is 8.76. The minimum absolute atomic E-state index is 0.0340. The van der Waals surface area contributed by atoms with Gasteiger partial charge in [-0.1, -0.05) is 35.9 Å². The number of aryl methyl sites for hydroxylation is 2. The van der Waals surface area contributed by atoms with Crippen molar-refractivity contribution in [1.29, 1.82) is 0 Å². The third kappa shape index (κ3) is 4.60. The molecule has 32 heavy (non-hydrogen) atoms. The quantitative estimate of drug-likeness (QED) is 0.305. The highest BCUT2D eigenvalue weighted by molar-refractivity contribution is 6.32. The van der Waals surface area contributed by atoms with E-state index in [4.69, 9.17) is 11.6 Å². The molecule has 1 atom stereocenters. The van der Waals surface area contributed by atoms with Crippen LogP contribution in [0.2, 0.25) is 5.02 Å². The summed E-state index contributed by atoms with van der Waals surface area (Å²) in [5, 5.41) is 19.0. The molecule has 2 aromatic carbocycles. The van der Waals surface area contributed by atoms with E-state index >= 15 is 0 Å². The summed E-state index contributed by atoms with van der Waals surface area (Å²) in [5.41, 5.74) is 4.24. The zero-order chi connectivity index (χ0) is 22.8. The standard InChI is InChI=1S/C23H21ClN6O2/c1-14(16-5-4-6-17(9-16)19-12-25-29(3)13-19)26-23-11-21(27-15(2)28-23)18-7-8-20(24)22(10-18)30(31)32/h4-14H,1-3H3,(H,26,27,28). The van der Waals surface area contributed by atoms with Crippen molar-refractivity contribution in [3.05, 3.63) is 87.4 Å². The number of anilines is 1. The molecule has 0 radical (unpaired) electrons. The van der Waals surface area contributed by atoms with Gasteiger partial charge in [-0.15, -0.1) is 0 Å². The van der Waals surface area contributed by atoms with Gasteiger partial charge in [0.1, 0.15) is 16.7 Å². The SMILES string of the molecule is Cc1nc(NC(C)c2cccc(-c3cnn(C)c3)c2)cc(-c2ccc(Cl)c([N+](=O)[O-])c2)n1. The van der Waals surface area contributed by atoms with Crippen LogP contribution in [-0.4, -0.2) is 24.7 Å². The molecule has 4 aromatic rings. The van der Waals surface area contributed by atoms with Gasteiger partial charge in [-0.3, -0.25) is 14.8 Å². The first-order valence-corrected chi connectivity index (χ1v) is 10.3. The number of benzene rings is 2. The number of rotatable bonds is 6. The summed E-state index contributed by atoms with van der Waals surface area (Å²) < 4.78 is 1.77. The Morgan fingerprint density at radius 3 is 2.62 bits per heavy atom. The van der Waals surface area contributed by atoms with Gasteiger partial charge in [0.2, 0.25) is 0 Å². The third-order valence-electron chi connectivity index (χ3n) is 5.07. The molecule has 0 bridgehead atoms. The average molecular weight is 449 g/mol. The Hall–Kier alpha value is -3.78. The van der Waals surface area contributed by atoms with Crippen LogP contribution in [0.3, 0.4) is 0 Å². The van der Waals surface area contributed by atoms with E-state index in [0.29, 0.717) is 22.9 Å². The highest BCUT2D eigenvalue weighted by Crippen LogP contribution is 2.31. The molecule has 1 unspecified atom stereocenters. The molecule has 4 rings (SSSR count). The number of nitrogens with zero attached hydrogens (tertiary/aromatic N) is 5. The maximum absolute atomic E-state index is 11.2. The molecule has 0 amide bonds. The summed E-state index contributed by atoms with van der Waals surface area (Å²) in [4.78, 5) is 19.7. The minimum Gasteiger partial charge on any atom is -0.363 e. The molecule has 162 valence electrons. The van der Waals surface area contributed by atoms with Gasteiger partial charge in [0.25, 0.3) is 5.69 Å². The van der Waals surface area contributed by atoms with Crippen molar-refractivity contribution in [2.45, 2.75) is 19.9 Å². The van der Waals surface area contributed by atoms with Crippen LogP contribution < -0.4 is 5.32 Å². The number of hydrogen-bond donors (Lipinski definition) is 1. The molecule has 0 fully saturated rings. The average Bonchev–Trinajstić information content (AvgIpc) is 3.20. The number of nitro benzene ring substituents is 1. The van der Waals surface area contributed by atoms with Gasteiger partial charge in [0, 0.05) is 42.5 Å². The molecule has 0 saturated carbocycles. The van der Waals surface area contributed by atoms with Crippen LogP contribution in [0, 0.1) is 17.0 Å². The Kier molecular flexibility index (Phi) is 5.87. The Balaban J connectivity index is 1.61. The summed E-state index contributed by atoms with van der Waals surface area (Å²) in [5.74, 6) is 1.18. The van der Waals surface area contributed by atoms with Crippen LogP contribution in [0.4, 0.5) is 11.5 Å². The Morgan fingerprint density at radius 1 is 1.09 bits per heavy atom. The summed E-state index contributed by atoms with van der Waals surface area (Å²) >= 11 is 5.94. The van der Waals surface area contributed by atoms with Gasteiger partial charge < -0.3 is 5.32 Å². The fraction of sp³-hybridized carbons (Fsp3) is 0.174. The van der Waals surface area contributed by atoms with E-state index in [1.165, 1.54) is 12.1 Å². The largest absolute Gasteiger partial charge is 0.363 e. The van der Waals surface area contributed by atoms with Crippen LogP contribution in [0.1, 0.15) is 24.4 Å². The highest BCUT2D eigenvalue weighted by Gasteiger charge is 2.16. The molecule has 2 aromatic heterocycles. The maximum atomic E-state index is 11.2. The van der Waals surface area contributed by atoms with Gasteiger partial charge in [-0.25, -0.2) is 9.97 Å². The lowest BCUT2D eigenvalue weighted by molar-refractivity contribution is -0.384. The highest BCUT2D eigenvalue weighted by atomic mass is 35.5. The maximum Gasteiger partial charge on any atom is 0.288 e. The normalized spacial score (nSPS) is 11.9. The van der Waals surface area contributed by atoms with Crippen molar-refractivity contribution in [3.63, 3.8) is 0 Å². The smallest absolute Gasteiger partial charge is 0.288 e. The van der Waals surface area contributed by atoms with E-state index in [1.807, 2.05) is 38.5 Å². The van der Waals surface area contributed by atoms with Crippen molar-refractivity contribution in [1.82, 2.24) is 19.7 Å². The fourth-order valence-corrected chi connectivity index (χ4v) is 3.65. The lowest BCUT2D eigenvalue weighted by Crippen LogP contribution is -2.09. The molecule has 0 aliphatic rings. The van der Waals surface area contributed by atoms with Crippen LogP contribution in [-0.2, 0) is 7.05 Å². The molecular weight excluding hydrogens is 428 g/mol. The second-order valence-corrected chi connectivity index (χ2v) is 7.91. The number of nitro groups is 1. The van der Waals surface area contributed by atoms with Crippen molar-refractivity contribution in [2.75, 3.05) is 5.32 Å². The predicted molar refractivity (Wildman–Crippen MR) is 125 cm³/mol. The Bertz CT molecular complexity index is 1300. The van der Waals surface area contributed by atoms with Gasteiger partial charge in [-0.05, 0) is 37.1 Å². The zero-order valence-electron chi connectivity index (χ0n) is 17.8. The minimum atomic E-state index is -0.504. The van der Waals surface area contributed by atoms with E-state index in [1.54, 1.807) is 23.7 Å². The van der Waals surface area contributed by atoms with E-state index in [0.717, 1.165) is 16.7 Å². The molecule has 0 saturated heterocycles. The van der Waals surface area contributed by atoms with Crippen molar-refractivity contribution < 1.29 is 4.92 Å².